The molecule has 0 aliphatic heterocycles. The van der Waals surface area contributed by atoms with E-state index in [0.717, 1.165) is 30.2 Å². The molecule has 1 heterocycles. The number of aryl methyl sites for hydroxylation is 2. The summed E-state index contributed by atoms with van der Waals surface area (Å²) in [5, 5.41) is 3.36. The second kappa shape index (κ2) is 6.02. The molecule has 0 spiro atoms. The van der Waals surface area contributed by atoms with Gasteiger partial charge in [-0.25, -0.2) is 4.98 Å². The van der Waals surface area contributed by atoms with Gasteiger partial charge in [-0.1, -0.05) is 31.5 Å². The Morgan fingerprint density at radius 1 is 1.26 bits per heavy atom. The predicted octanol–water partition coefficient (Wildman–Crippen LogP) is 3.50. The first kappa shape index (κ1) is 13.8. The van der Waals surface area contributed by atoms with E-state index in [1.54, 1.807) is 0 Å². The lowest BCUT2D eigenvalue weighted by atomic mass is 10.0. The Morgan fingerprint density at radius 2 is 2.05 bits per heavy atom. The van der Waals surface area contributed by atoms with E-state index >= 15 is 0 Å². The van der Waals surface area contributed by atoms with Gasteiger partial charge in [-0.3, -0.25) is 0 Å². The number of hydrogen-bond donors (Lipinski definition) is 1. The second-order valence-electron chi connectivity index (χ2n) is 5.30. The summed E-state index contributed by atoms with van der Waals surface area (Å²) in [6.45, 7) is 9.35. The van der Waals surface area contributed by atoms with E-state index in [2.05, 4.69) is 56.2 Å². The van der Waals surface area contributed by atoms with E-state index in [1.165, 1.54) is 11.1 Å². The van der Waals surface area contributed by atoms with Gasteiger partial charge < -0.3 is 9.73 Å². The summed E-state index contributed by atoms with van der Waals surface area (Å²) in [5.74, 6) is 1.66. The molecule has 0 saturated heterocycles. The van der Waals surface area contributed by atoms with Crippen LogP contribution in [0.25, 0.3) is 11.3 Å². The summed E-state index contributed by atoms with van der Waals surface area (Å²) in [4.78, 5) is 4.35. The molecule has 1 aromatic heterocycles. The van der Waals surface area contributed by atoms with Gasteiger partial charge in [-0.05, 0) is 25.5 Å². The molecule has 1 aromatic carbocycles. The summed E-state index contributed by atoms with van der Waals surface area (Å²) in [5.41, 5.74) is 3.59. The maximum absolute atomic E-state index is 5.84. The van der Waals surface area contributed by atoms with Crippen LogP contribution in [0.3, 0.4) is 0 Å². The zero-order valence-corrected chi connectivity index (χ0v) is 12.2. The minimum atomic E-state index is 0.494. The molecule has 0 unspecified atom stereocenters. The molecule has 2 aromatic rings. The molecule has 0 atom stereocenters. The fourth-order valence-corrected chi connectivity index (χ4v) is 2.02. The Morgan fingerprint density at radius 3 is 2.79 bits per heavy atom. The Labute approximate surface area is 115 Å². The summed E-state index contributed by atoms with van der Waals surface area (Å²) in [7, 11) is 0. The molecule has 0 bridgehead atoms. The third-order valence-electron chi connectivity index (χ3n) is 3.10. The zero-order valence-electron chi connectivity index (χ0n) is 12.2. The standard InChI is InChI=1S/C16H22N2O/c1-11(2)17-8-7-16-18-10-15(19-16)14-9-12(3)5-6-13(14)4/h5-6,9-11,17H,7-8H2,1-4H3. The van der Waals surface area contributed by atoms with Crippen LogP contribution in [0, 0.1) is 13.8 Å². The van der Waals surface area contributed by atoms with Crippen LogP contribution < -0.4 is 5.32 Å². The Balaban J connectivity index is 2.10. The predicted molar refractivity (Wildman–Crippen MR) is 78.3 cm³/mol. The van der Waals surface area contributed by atoms with Gasteiger partial charge >= 0.3 is 0 Å². The number of rotatable bonds is 5. The molecular formula is C16H22N2O. The molecule has 1 N–H and O–H groups in total. The number of hydrogen-bond acceptors (Lipinski definition) is 3. The fourth-order valence-electron chi connectivity index (χ4n) is 2.02. The lowest BCUT2D eigenvalue weighted by Crippen LogP contribution is -2.24. The van der Waals surface area contributed by atoms with Crippen molar-refractivity contribution in [3.63, 3.8) is 0 Å². The minimum Gasteiger partial charge on any atom is -0.441 e. The van der Waals surface area contributed by atoms with Crippen molar-refractivity contribution >= 4 is 0 Å². The Bertz CT molecular complexity index is 543. The lowest BCUT2D eigenvalue weighted by Gasteiger charge is -2.05. The molecule has 0 radical (unpaired) electrons. The van der Waals surface area contributed by atoms with Crippen LogP contribution in [0.2, 0.25) is 0 Å². The van der Waals surface area contributed by atoms with Crippen LogP contribution >= 0.6 is 0 Å². The molecule has 0 aliphatic rings. The Hall–Kier alpha value is -1.61. The van der Waals surface area contributed by atoms with Gasteiger partial charge in [0.15, 0.2) is 11.7 Å². The van der Waals surface area contributed by atoms with Gasteiger partial charge in [0, 0.05) is 24.6 Å². The fraction of sp³-hybridized carbons (Fsp3) is 0.438. The van der Waals surface area contributed by atoms with Crippen molar-refractivity contribution in [1.29, 1.82) is 0 Å². The number of nitrogens with one attached hydrogen (secondary N) is 1. The van der Waals surface area contributed by atoms with Crippen molar-refractivity contribution in [3.05, 3.63) is 41.4 Å². The zero-order chi connectivity index (χ0) is 13.8. The van der Waals surface area contributed by atoms with E-state index in [4.69, 9.17) is 4.42 Å². The number of aromatic nitrogens is 1. The van der Waals surface area contributed by atoms with Gasteiger partial charge in [-0.15, -0.1) is 0 Å². The topological polar surface area (TPSA) is 38.1 Å². The van der Waals surface area contributed by atoms with Crippen molar-refractivity contribution in [2.45, 2.75) is 40.2 Å². The highest BCUT2D eigenvalue weighted by atomic mass is 16.4. The second-order valence-corrected chi connectivity index (χ2v) is 5.30. The maximum Gasteiger partial charge on any atom is 0.196 e. The lowest BCUT2D eigenvalue weighted by molar-refractivity contribution is 0.484. The average molecular weight is 258 g/mol. The van der Waals surface area contributed by atoms with E-state index in [9.17, 15) is 0 Å². The maximum atomic E-state index is 5.84. The quantitative estimate of drug-likeness (QED) is 0.892. The summed E-state index contributed by atoms with van der Waals surface area (Å²) >= 11 is 0. The minimum absolute atomic E-state index is 0.494. The monoisotopic (exact) mass is 258 g/mol. The van der Waals surface area contributed by atoms with Crippen molar-refractivity contribution in [3.8, 4) is 11.3 Å². The average Bonchev–Trinajstić information content (AvgIpc) is 2.80. The molecule has 102 valence electrons. The van der Waals surface area contributed by atoms with E-state index in [0.29, 0.717) is 6.04 Å². The first-order chi connectivity index (χ1) is 9.06. The van der Waals surface area contributed by atoms with Crippen LogP contribution in [0.4, 0.5) is 0 Å². The Kier molecular flexibility index (Phi) is 4.38. The molecule has 19 heavy (non-hydrogen) atoms. The van der Waals surface area contributed by atoms with Crippen molar-refractivity contribution in [2.24, 2.45) is 0 Å². The summed E-state index contributed by atoms with van der Waals surface area (Å²) in [6.07, 6.45) is 2.65. The van der Waals surface area contributed by atoms with Gasteiger partial charge in [0.2, 0.25) is 0 Å². The first-order valence-electron chi connectivity index (χ1n) is 6.82. The number of benzene rings is 1. The highest BCUT2D eigenvalue weighted by molar-refractivity contribution is 5.62. The third kappa shape index (κ3) is 3.67. The SMILES string of the molecule is Cc1ccc(C)c(-c2cnc(CCNC(C)C)o2)c1. The summed E-state index contributed by atoms with van der Waals surface area (Å²) in [6, 6.07) is 6.87. The van der Waals surface area contributed by atoms with Crippen molar-refractivity contribution < 1.29 is 4.42 Å². The molecule has 0 aliphatic carbocycles. The molecule has 0 saturated carbocycles. The van der Waals surface area contributed by atoms with Crippen LogP contribution in [0.15, 0.2) is 28.8 Å². The molecule has 0 fully saturated rings. The van der Waals surface area contributed by atoms with E-state index in [1.807, 2.05) is 6.20 Å². The molecular weight excluding hydrogens is 236 g/mol. The van der Waals surface area contributed by atoms with E-state index in [-0.39, 0.29) is 0 Å². The molecule has 0 amide bonds. The van der Waals surface area contributed by atoms with E-state index < -0.39 is 0 Å². The normalized spacial score (nSPS) is 11.2. The highest BCUT2D eigenvalue weighted by Crippen LogP contribution is 2.25. The van der Waals surface area contributed by atoms with Crippen molar-refractivity contribution in [2.75, 3.05) is 6.54 Å². The van der Waals surface area contributed by atoms with Gasteiger partial charge in [0.1, 0.15) is 0 Å². The van der Waals surface area contributed by atoms with Crippen LogP contribution in [0.1, 0.15) is 30.9 Å². The van der Waals surface area contributed by atoms with Crippen molar-refractivity contribution in [1.82, 2.24) is 10.3 Å². The largest absolute Gasteiger partial charge is 0.441 e. The summed E-state index contributed by atoms with van der Waals surface area (Å²) < 4.78 is 5.84. The number of nitrogens with zero attached hydrogens (tertiary/aromatic N) is 1. The van der Waals surface area contributed by atoms with Crippen LogP contribution in [-0.2, 0) is 6.42 Å². The third-order valence-corrected chi connectivity index (χ3v) is 3.10. The smallest absolute Gasteiger partial charge is 0.196 e. The van der Waals surface area contributed by atoms with Gasteiger partial charge in [-0.2, -0.15) is 0 Å². The van der Waals surface area contributed by atoms with Gasteiger partial charge in [0.25, 0.3) is 0 Å². The molecule has 3 nitrogen and oxygen atoms in total. The molecule has 2 rings (SSSR count). The highest BCUT2D eigenvalue weighted by Gasteiger charge is 2.09. The molecule has 3 heteroatoms. The van der Waals surface area contributed by atoms with Gasteiger partial charge in [0.05, 0.1) is 6.20 Å². The van der Waals surface area contributed by atoms with Crippen LogP contribution in [0.5, 0.6) is 0 Å². The number of oxazole rings is 1. The first-order valence-corrected chi connectivity index (χ1v) is 6.82. The van der Waals surface area contributed by atoms with Crippen LogP contribution in [-0.4, -0.2) is 17.6 Å².